The normalized spacial score (nSPS) is 11.7. The number of rotatable bonds is 7. The summed E-state index contributed by atoms with van der Waals surface area (Å²) in [6.07, 6.45) is 3.74. The summed E-state index contributed by atoms with van der Waals surface area (Å²) in [6.45, 7) is 0.439. The molecule has 2 aromatic rings. The summed E-state index contributed by atoms with van der Waals surface area (Å²) in [5.74, 6) is -0.367. The maximum atomic E-state index is 10.6. The number of hydrogen-bond acceptors (Lipinski definition) is 5. The first kappa shape index (κ1) is 16.1. The molecule has 1 N–H and O–H groups in total. The molecule has 116 valence electrons. The lowest BCUT2D eigenvalue weighted by atomic mass is 10.3. The standard InChI is InChI=1S/C15H17N3O3S/c19-22(20,21)12-6-11-18-10-5-4-9-15(18)13-16-17-14-7-2-1-3-8-14/h1-5,7-10,13H,6,11-12H2,(H,19,20,21). The number of nitrogens with zero attached hydrogens (tertiary/aromatic N) is 2. The molecule has 0 bridgehead atoms. The van der Waals surface area contributed by atoms with Gasteiger partial charge in [0, 0.05) is 24.3 Å². The molecule has 0 fully saturated rings. The minimum absolute atomic E-state index is 0.271. The van der Waals surface area contributed by atoms with E-state index in [1.165, 1.54) is 0 Å². The van der Waals surface area contributed by atoms with E-state index in [1.807, 2.05) is 59.3 Å². The second kappa shape index (κ2) is 7.67. The Hall–Kier alpha value is -2.25. The topological polar surface area (TPSA) is 85.5 Å². The van der Waals surface area contributed by atoms with Crippen molar-refractivity contribution >= 4 is 22.0 Å². The second-order valence-electron chi connectivity index (χ2n) is 4.67. The number of aromatic nitrogens is 1. The quantitative estimate of drug-likeness (QED) is 0.361. The first-order valence-electron chi connectivity index (χ1n) is 6.81. The lowest BCUT2D eigenvalue weighted by molar-refractivity contribution is -0.697. The molecule has 0 spiro atoms. The highest BCUT2D eigenvalue weighted by Crippen LogP contribution is 2.04. The van der Waals surface area contributed by atoms with Crippen molar-refractivity contribution in [2.45, 2.75) is 13.0 Å². The zero-order chi connectivity index (χ0) is 15.8. The van der Waals surface area contributed by atoms with Crippen LogP contribution in [0, 0.1) is 0 Å². The Morgan fingerprint density at radius 3 is 2.59 bits per heavy atom. The van der Waals surface area contributed by atoms with Crippen LogP contribution in [0.4, 0.5) is 5.69 Å². The Labute approximate surface area is 129 Å². The fourth-order valence-corrected chi connectivity index (χ4v) is 2.39. The molecular formula is C15H17N3O3S. The number of hydrazone groups is 1. The van der Waals surface area contributed by atoms with Gasteiger partial charge in [0.1, 0.15) is 12.8 Å². The van der Waals surface area contributed by atoms with Gasteiger partial charge in [-0.05, 0) is 18.2 Å². The Bertz CT molecular complexity index is 731. The number of aryl methyl sites for hydroxylation is 1. The van der Waals surface area contributed by atoms with E-state index < -0.39 is 10.1 Å². The van der Waals surface area contributed by atoms with Crippen LogP contribution in [0.2, 0.25) is 0 Å². The molecule has 0 radical (unpaired) electrons. The summed E-state index contributed by atoms with van der Waals surface area (Å²) in [6, 6.07) is 15.1. The largest absolute Gasteiger partial charge is 0.748 e. The van der Waals surface area contributed by atoms with Crippen molar-refractivity contribution in [3.8, 4) is 0 Å². The van der Waals surface area contributed by atoms with Gasteiger partial charge in [0.05, 0.1) is 15.8 Å². The summed E-state index contributed by atoms with van der Waals surface area (Å²) < 4.78 is 33.8. The Morgan fingerprint density at radius 1 is 1.14 bits per heavy atom. The fraction of sp³-hybridized carbons (Fsp3) is 0.200. The first-order chi connectivity index (χ1) is 10.5. The predicted octanol–water partition coefficient (Wildman–Crippen LogP) is 1.36. The third-order valence-corrected chi connectivity index (χ3v) is 3.72. The summed E-state index contributed by atoms with van der Waals surface area (Å²) >= 11 is 0. The lowest BCUT2D eigenvalue weighted by Gasteiger charge is -2.05. The van der Waals surface area contributed by atoms with Gasteiger partial charge in [0.15, 0.2) is 6.20 Å². The van der Waals surface area contributed by atoms with Gasteiger partial charge in [-0.1, -0.05) is 18.2 Å². The van der Waals surface area contributed by atoms with Crippen molar-refractivity contribution in [2.24, 2.45) is 5.10 Å². The van der Waals surface area contributed by atoms with Crippen molar-refractivity contribution in [3.05, 3.63) is 60.4 Å². The number of anilines is 1. The summed E-state index contributed by atoms with van der Waals surface area (Å²) in [4.78, 5) is 0. The van der Waals surface area contributed by atoms with Crippen LogP contribution in [0.5, 0.6) is 0 Å². The van der Waals surface area contributed by atoms with Crippen LogP contribution < -0.4 is 9.99 Å². The van der Waals surface area contributed by atoms with Crippen LogP contribution in [0.1, 0.15) is 12.1 Å². The third kappa shape index (κ3) is 5.63. The van der Waals surface area contributed by atoms with Gasteiger partial charge in [-0.3, -0.25) is 5.43 Å². The SMILES string of the molecule is O=S(=O)([O-])CCC[n+]1ccccc1C=NNc1ccccc1. The molecular weight excluding hydrogens is 302 g/mol. The zero-order valence-corrected chi connectivity index (χ0v) is 12.7. The van der Waals surface area contributed by atoms with E-state index in [9.17, 15) is 13.0 Å². The highest BCUT2D eigenvalue weighted by atomic mass is 32.2. The molecule has 22 heavy (non-hydrogen) atoms. The van der Waals surface area contributed by atoms with Crippen LogP contribution >= 0.6 is 0 Å². The molecule has 1 aromatic heterocycles. The Balaban J connectivity index is 1.98. The molecule has 0 saturated heterocycles. The van der Waals surface area contributed by atoms with E-state index in [0.717, 1.165) is 11.4 Å². The fourth-order valence-electron chi connectivity index (χ4n) is 1.91. The van der Waals surface area contributed by atoms with Crippen LogP contribution in [0.15, 0.2) is 59.8 Å². The average Bonchev–Trinajstić information content (AvgIpc) is 2.49. The summed E-state index contributed by atoms with van der Waals surface area (Å²) in [5, 5.41) is 4.15. The van der Waals surface area contributed by atoms with Gasteiger partial charge in [-0.15, -0.1) is 0 Å². The van der Waals surface area contributed by atoms with Crippen molar-refractivity contribution in [3.63, 3.8) is 0 Å². The number of benzene rings is 1. The van der Waals surface area contributed by atoms with Gasteiger partial charge in [0.2, 0.25) is 5.69 Å². The van der Waals surface area contributed by atoms with E-state index in [2.05, 4.69) is 10.5 Å². The molecule has 0 aliphatic rings. The molecule has 1 aromatic carbocycles. The molecule has 0 saturated carbocycles. The molecule has 0 aliphatic carbocycles. The molecule has 0 unspecified atom stereocenters. The van der Waals surface area contributed by atoms with Gasteiger partial charge < -0.3 is 4.55 Å². The number of para-hydroxylation sites is 1. The van der Waals surface area contributed by atoms with Gasteiger partial charge in [-0.2, -0.15) is 9.67 Å². The minimum atomic E-state index is -4.17. The third-order valence-electron chi connectivity index (χ3n) is 2.93. The molecule has 7 heteroatoms. The van der Waals surface area contributed by atoms with Crippen molar-refractivity contribution in [1.82, 2.24) is 0 Å². The van der Waals surface area contributed by atoms with Crippen LogP contribution in [-0.2, 0) is 16.7 Å². The molecule has 0 aliphatic heterocycles. The summed E-state index contributed by atoms with van der Waals surface area (Å²) in [7, 11) is -4.17. The highest BCUT2D eigenvalue weighted by molar-refractivity contribution is 7.85. The zero-order valence-electron chi connectivity index (χ0n) is 11.9. The van der Waals surface area contributed by atoms with Gasteiger partial charge in [0.25, 0.3) is 0 Å². The van der Waals surface area contributed by atoms with Crippen molar-refractivity contribution < 1.29 is 17.5 Å². The van der Waals surface area contributed by atoms with Gasteiger partial charge >= 0.3 is 0 Å². The van der Waals surface area contributed by atoms with Crippen LogP contribution in [-0.4, -0.2) is 24.9 Å². The van der Waals surface area contributed by atoms with E-state index in [1.54, 1.807) is 6.21 Å². The van der Waals surface area contributed by atoms with Crippen molar-refractivity contribution in [1.29, 1.82) is 0 Å². The maximum Gasteiger partial charge on any atom is 0.225 e. The van der Waals surface area contributed by atoms with Crippen LogP contribution in [0.25, 0.3) is 0 Å². The second-order valence-corrected chi connectivity index (χ2v) is 6.19. The Morgan fingerprint density at radius 2 is 1.86 bits per heavy atom. The summed E-state index contributed by atoms with van der Waals surface area (Å²) in [5.41, 5.74) is 4.60. The highest BCUT2D eigenvalue weighted by Gasteiger charge is 2.07. The van der Waals surface area contributed by atoms with E-state index in [-0.39, 0.29) is 12.2 Å². The molecule has 0 amide bonds. The number of pyridine rings is 1. The van der Waals surface area contributed by atoms with E-state index >= 15 is 0 Å². The first-order valence-corrected chi connectivity index (χ1v) is 8.38. The molecule has 6 nitrogen and oxygen atoms in total. The van der Waals surface area contributed by atoms with Gasteiger partial charge in [-0.25, -0.2) is 8.42 Å². The molecule has 0 atom stereocenters. The lowest BCUT2D eigenvalue weighted by Crippen LogP contribution is -2.38. The van der Waals surface area contributed by atoms with E-state index in [4.69, 9.17) is 0 Å². The molecule has 2 rings (SSSR count). The number of hydrogen-bond donors (Lipinski definition) is 1. The molecule has 1 heterocycles. The minimum Gasteiger partial charge on any atom is -0.748 e. The Kier molecular flexibility index (Phi) is 5.62. The van der Waals surface area contributed by atoms with E-state index in [0.29, 0.717) is 6.54 Å². The maximum absolute atomic E-state index is 10.6. The average molecular weight is 319 g/mol. The smallest absolute Gasteiger partial charge is 0.225 e. The van der Waals surface area contributed by atoms with Crippen molar-refractivity contribution in [2.75, 3.05) is 11.2 Å². The predicted molar refractivity (Wildman–Crippen MR) is 83.5 cm³/mol. The monoisotopic (exact) mass is 319 g/mol. The number of nitrogens with one attached hydrogen (secondary N) is 1. The van der Waals surface area contributed by atoms with Crippen LogP contribution in [0.3, 0.4) is 0 Å².